The summed E-state index contributed by atoms with van der Waals surface area (Å²) in [5.74, 6) is -0.421. The van der Waals surface area contributed by atoms with Crippen molar-refractivity contribution >= 4 is 17.5 Å². The largest absolute Gasteiger partial charge is 0.484 e. The Morgan fingerprint density at radius 2 is 2.11 bits per heavy atom. The molecule has 28 heavy (non-hydrogen) atoms. The highest BCUT2D eigenvalue weighted by atomic mass is 35.5. The van der Waals surface area contributed by atoms with Gasteiger partial charge in [0, 0.05) is 6.07 Å². The Labute approximate surface area is 167 Å². The van der Waals surface area contributed by atoms with E-state index in [2.05, 4.69) is 23.6 Å². The summed E-state index contributed by atoms with van der Waals surface area (Å²) in [6.45, 7) is 8.90. The molecule has 1 atom stereocenters. The molecular weight excluding hydrogens is 387 g/mol. The second-order valence-electron chi connectivity index (χ2n) is 6.33. The van der Waals surface area contributed by atoms with Crippen LogP contribution >= 0.6 is 11.6 Å². The lowest BCUT2D eigenvalue weighted by molar-refractivity contribution is 0.0126. The number of halogens is 2. The van der Waals surface area contributed by atoms with E-state index in [9.17, 15) is 14.3 Å². The first-order valence-corrected chi connectivity index (χ1v) is 8.95. The van der Waals surface area contributed by atoms with Crippen molar-refractivity contribution in [2.24, 2.45) is 0 Å². The molecule has 0 spiro atoms. The molecule has 1 aromatic carbocycles. The van der Waals surface area contributed by atoms with E-state index in [1.54, 1.807) is 19.1 Å². The molecular formula is C20H22ClFN2O4. The van der Waals surface area contributed by atoms with Gasteiger partial charge in [-0.2, -0.15) is 0 Å². The number of amides is 1. The third-order valence-electron chi connectivity index (χ3n) is 4.20. The minimum Gasteiger partial charge on any atom is -0.484 e. The summed E-state index contributed by atoms with van der Waals surface area (Å²) in [5, 5.41) is 17.2. The van der Waals surface area contributed by atoms with Gasteiger partial charge in [-0.15, -0.1) is 13.2 Å². The highest BCUT2D eigenvalue weighted by Crippen LogP contribution is 2.26. The molecule has 0 radical (unpaired) electrons. The lowest BCUT2D eigenvalue weighted by Gasteiger charge is -2.32. The van der Waals surface area contributed by atoms with Crippen molar-refractivity contribution in [1.82, 2.24) is 10.5 Å². The maximum absolute atomic E-state index is 13.0. The number of rotatable bonds is 10. The van der Waals surface area contributed by atoms with Gasteiger partial charge in [0.05, 0.1) is 16.7 Å². The molecule has 0 saturated carbocycles. The van der Waals surface area contributed by atoms with Crippen LogP contribution in [-0.2, 0) is 6.61 Å². The lowest BCUT2D eigenvalue weighted by Crippen LogP contribution is -2.50. The fourth-order valence-corrected chi connectivity index (χ4v) is 2.79. The second-order valence-corrected chi connectivity index (χ2v) is 6.73. The number of aliphatic hydroxyl groups is 1. The van der Waals surface area contributed by atoms with Crippen LogP contribution in [0.15, 0.2) is 54.1 Å². The number of nitrogens with one attached hydrogen (secondary N) is 1. The van der Waals surface area contributed by atoms with Crippen LogP contribution in [0.5, 0.6) is 5.75 Å². The third kappa shape index (κ3) is 5.43. The molecule has 1 amide bonds. The lowest BCUT2D eigenvalue weighted by atomic mass is 9.88. The first-order valence-electron chi connectivity index (χ1n) is 8.57. The average molecular weight is 409 g/mol. The zero-order valence-corrected chi connectivity index (χ0v) is 16.2. The second kappa shape index (κ2) is 9.52. The van der Waals surface area contributed by atoms with E-state index in [0.29, 0.717) is 0 Å². The molecule has 2 N–H and O–H groups in total. The molecule has 1 unspecified atom stereocenters. The van der Waals surface area contributed by atoms with Crippen LogP contribution in [0.25, 0.3) is 0 Å². The van der Waals surface area contributed by atoms with Gasteiger partial charge in [-0.3, -0.25) is 4.79 Å². The summed E-state index contributed by atoms with van der Waals surface area (Å²) < 4.78 is 23.6. The molecule has 8 heteroatoms. The van der Waals surface area contributed by atoms with Crippen LogP contribution in [-0.4, -0.2) is 27.8 Å². The predicted octanol–water partition coefficient (Wildman–Crippen LogP) is 4.05. The first kappa shape index (κ1) is 21.7. The Balaban J connectivity index is 1.99. The smallest absolute Gasteiger partial charge is 0.273 e. The van der Waals surface area contributed by atoms with E-state index in [0.717, 1.165) is 6.07 Å². The molecule has 2 rings (SSSR count). The highest BCUT2D eigenvalue weighted by Gasteiger charge is 2.33. The number of nitrogens with zero attached hydrogens (tertiary/aromatic N) is 1. The summed E-state index contributed by atoms with van der Waals surface area (Å²) in [6, 6.07) is 4.58. The minimum atomic E-state index is -1.20. The van der Waals surface area contributed by atoms with Crippen LogP contribution in [0.1, 0.15) is 36.0 Å². The van der Waals surface area contributed by atoms with E-state index < -0.39 is 23.4 Å². The third-order valence-corrected chi connectivity index (χ3v) is 4.50. The SMILES string of the molecule is C=CCC(O)(CC=C)C(C)NC(=O)c1cc(COc2ccc(F)cc2Cl)on1. The van der Waals surface area contributed by atoms with Crippen molar-refractivity contribution in [2.45, 2.75) is 38.0 Å². The molecule has 150 valence electrons. The van der Waals surface area contributed by atoms with Gasteiger partial charge in [-0.1, -0.05) is 28.9 Å². The average Bonchev–Trinajstić information content (AvgIpc) is 3.10. The molecule has 1 aromatic heterocycles. The number of carbonyl (C=O) groups is 1. The van der Waals surface area contributed by atoms with Gasteiger partial charge in [-0.05, 0) is 38.0 Å². The summed E-state index contributed by atoms with van der Waals surface area (Å²) in [5.41, 5.74) is -1.16. The molecule has 0 bridgehead atoms. The topological polar surface area (TPSA) is 84.6 Å². The molecule has 0 saturated heterocycles. The number of aromatic nitrogens is 1. The molecule has 0 fully saturated rings. The van der Waals surface area contributed by atoms with Crippen molar-refractivity contribution in [3.63, 3.8) is 0 Å². The van der Waals surface area contributed by atoms with E-state index in [-0.39, 0.29) is 41.7 Å². The van der Waals surface area contributed by atoms with Crippen molar-refractivity contribution < 1.29 is 23.6 Å². The van der Waals surface area contributed by atoms with Gasteiger partial charge in [0.1, 0.15) is 18.2 Å². The fraction of sp³-hybridized carbons (Fsp3) is 0.300. The molecule has 0 aliphatic heterocycles. The first-order chi connectivity index (χ1) is 13.3. The number of hydrogen-bond donors (Lipinski definition) is 2. The number of carbonyl (C=O) groups excluding carboxylic acids is 1. The number of benzene rings is 1. The van der Waals surface area contributed by atoms with Gasteiger partial charge >= 0.3 is 0 Å². The summed E-state index contributed by atoms with van der Waals surface area (Å²) >= 11 is 5.89. The van der Waals surface area contributed by atoms with Crippen molar-refractivity contribution in [3.8, 4) is 5.75 Å². The molecule has 1 heterocycles. The summed E-state index contributed by atoms with van der Waals surface area (Å²) in [7, 11) is 0. The number of hydrogen-bond acceptors (Lipinski definition) is 5. The minimum absolute atomic E-state index is 0.0372. The zero-order valence-electron chi connectivity index (χ0n) is 15.5. The highest BCUT2D eigenvalue weighted by molar-refractivity contribution is 6.32. The molecule has 0 aliphatic carbocycles. The van der Waals surface area contributed by atoms with Gasteiger partial charge in [-0.25, -0.2) is 4.39 Å². The van der Waals surface area contributed by atoms with Crippen molar-refractivity contribution in [1.29, 1.82) is 0 Å². The molecule has 2 aromatic rings. The molecule has 0 aliphatic rings. The van der Waals surface area contributed by atoms with Crippen molar-refractivity contribution in [2.75, 3.05) is 0 Å². The van der Waals surface area contributed by atoms with Gasteiger partial charge < -0.3 is 19.7 Å². The van der Waals surface area contributed by atoms with Gasteiger partial charge in [0.25, 0.3) is 5.91 Å². The van der Waals surface area contributed by atoms with E-state index >= 15 is 0 Å². The monoisotopic (exact) mass is 408 g/mol. The van der Waals surface area contributed by atoms with Crippen molar-refractivity contribution in [3.05, 3.63) is 71.9 Å². The maximum atomic E-state index is 13.0. The van der Waals surface area contributed by atoms with Crippen LogP contribution in [0.2, 0.25) is 5.02 Å². The summed E-state index contributed by atoms with van der Waals surface area (Å²) in [4.78, 5) is 12.4. The van der Waals surface area contributed by atoms with E-state index in [4.69, 9.17) is 20.9 Å². The fourth-order valence-electron chi connectivity index (χ4n) is 2.57. The van der Waals surface area contributed by atoms with Gasteiger partial charge in [0.15, 0.2) is 11.5 Å². The Bertz CT molecular complexity index is 842. The van der Waals surface area contributed by atoms with Gasteiger partial charge in [0.2, 0.25) is 0 Å². The Morgan fingerprint density at radius 3 is 2.71 bits per heavy atom. The van der Waals surface area contributed by atoms with Crippen LogP contribution < -0.4 is 10.1 Å². The number of ether oxygens (including phenoxy) is 1. The van der Waals surface area contributed by atoms with Crippen LogP contribution in [0.3, 0.4) is 0 Å². The Kier molecular flexibility index (Phi) is 7.37. The van der Waals surface area contributed by atoms with Crippen LogP contribution in [0, 0.1) is 5.82 Å². The maximum Gasteiger partial charge on any atom is 0.273 e. The quantitative estimate of drug-likeness (QED) is 0.579. The van der Waals surface area contributed by atoms with Crippen LogP contribution in [0.4, 0.5) is 4.39 Å². The Hall–Kier alpha value is -2.64. The Morgan fingerprint density at radius 1 is 1.43 bits per heavy atom. The standard InChI is InChI=1S/C20H22ClFN2O4/c1-4-8-20(26,9-5-2)13(3)23-19(25)17-11-15(28-24-17)12-27-18-7-6-14(22)10-16(18)21/h4-7,10-11,13,26H,1-2,8-9,12H2,3H3,(H,23,25). The van der Waals surface area contributed by atoms with E-state index in [1.165, 1.54) is 18.2 Å². The normalized spacial score (nSPS) is 12.3. The predicted molar refractivity (Wildman–Crippen MR) is 104 cm³/mol. The molecule has 6 nitrogen and oxygen atoms in total. The van der Waals surface area contributed by atoms with E-state index in [1.807, 2.05) is 0 Å². The summed E-state index contributed by atoms with van der Waals surface area (Å²) in [6.07, 6.45) is 3.74. The zero-order chi connectivity index (χ0) is 20.7.